The van der Waals surface area contributed by atoms with Crippen LogP contribution in [0, 0.1) is 27.2 Å². The lowest BCUT2D eigenvalue weighted by molar-refractivity contribution is -0.393. The van der Waals surface area contributed by atoms with Crippen LogP contribution in [0.4, 0.5) is 17.1 Å². The molecule has 0 saturated carbocycles. The van der Waals surface area contributed by atoms with Crippen molar-refractivity contribution < 1.29 is 9.85 Å². The third kappa shape index (κ3) is 3.77. The average molecular weight is 358 g/mol. The SMILES string of the molecule is Cc1ccc2c(c1)C/C(=N\Nc1ccc([N+](=O)[O-])cc1[N+](=O)[O-])CS2. The smallest absolute Gasteiger partial charge is 0.272 e. The van der Waals surface area contributed by atoms with E-state index >= 15 is 0 Å². The second-order valence-electron chi connectivity index (χ2n) is 5.58. The van der Waals surface area contributed by atoms with Crippen LogP contribution in [0.1, 0.15) is 11.1 Å². The number of thioether (sulfide) groups is 1. The summed E-state index contributed by atoms with van der Waals surface area (Å²) in [6.07, 6.45) is 0.664. The van der Waals surface area contributed by atoms with Gasteiger partial charge >= 0.3 is 5.69 Å². The van der Waals surface area contributed by atoms with Gasteiger partial charge in [0, 0.05) is 23.1 Å². The van der Waals surface area contributed by atoms with Gasteiger partial charge in [-0.2, -0.15) is 5.10 Å². The molecule has 2 aromatic rings. The zero-order valence-corrected chi connectivity index (χ0v) is 14.1. The van der Waals surface area contributed by atoms with Crippen molar-refractivity contribution in [1.82, 2.24) is 0 Å². The number of rotatable bonds is 4. The Morgan fingerprint density at radius 1 is 1.12 bits per heavy atom. The van der Waals surface area contributed by atoms with Crippen molar-refractivity contribution in [2.45, 2.75) is 18.2 Å². The van der Waals surface area contributed by atoms with Crippen molar-refractivity contribution in [2.24, 2.45) is 5.10 Å². The Bertz CT molecular complexity index is 898. The second-order valence-corrected chi connectivity index (χ2v) is 6.60. The fraction of sp³-hybridized carbons (Fsp3) is 0.188. The van der Waals surface area contributed by atoms with Crippen molar-refractivity contribution in [2.75, 3.05) is 11.2 Å². The number of nitrogens with one attached hydrogen (secondary N) is 1. The maximum atomic E-state index is 11.1. The lowest BCUT2D eigenvalue weighted by Gasteiger charge is -2.17. The lowest BCUT2D eigenvalue weighted by atomic mass is 10.1. The first kappa shape index (κ1) is 16.9. The third-order valence-electron chi connectivity index (χ3n) is 3.73. The molecule has 1 heterocycles. The van der Waals surface area contributed by atoms with Gasteiger partial charge in [0.1, 0.15) is 5.69 Å². The van der Waals surface area contributed by atoms with Gasteiger partial charge < -0.3 is 0 Å². The minimum absolute atomic E-state index is 0.128. The zero-order valence-electron chi connectivity index (χ0n) is 13.3. The van der Waals surface area contributed by atoms with E-state index in [4.69, 9.17) is 0 Å². The standard InChI is InChI=1S/C16H14N4O4S/c1-10-2-5-16-11(6-10)7-12(9-25-16)17-18-14-4-3-13(19(21)22)8-15(14)20(23)24/h2-6,8,18H,7,9H2,1H3/b17-12+. The number of nitro groups is 2. The minimum Gasteiger partial charge on any atom is -0.272 e. The van der Waals surface area contributed by atoms with Crippen LogP contribution in [0.25, 0.3) is 0 Å². The van der Waals surface area contributed by atoms with Gasteiger partial charge in [-0.05, 0) is 24.6 Å². The van der Waals surface area contributed by atoms with Gasteiger partial charge in [-0.1, -0.05) is 17.7 Å². The van der Waals surface area contributed by atoms with Gasteiger partial charge in [-0.15, -0.1) is 11.8 Å². The average Bonchev–Trinajstić information content (AvgIpc) is 2.59. The summed E-state index contributed by atoms with van der Waals surface area (Å²) >= 11 is 1.66. The highest BCUT2D eigenvalue weighted by Crippen LogP contribution is 2.31. The van der Waals surface area contributed by atoms with Crippen LogP contribution in [-0.2, 0) is 6.42 Å². The second kappa shape index (κ2) is 6.89. The van der Waals surface area contributed by atoms with Gasteiger partial charge in [0.25, 0.3) is 5.69 Å². The van der Waals surface area contributed by atoms with Crippen LogP contribution >= 0.6 is 11.8 Å². The number of benzene rings is 2. The first-order valence-corrected chi connectivity index (χ1v) is 8.39. The first-order valence-electron chi connectivity index (χ1n) is 7.40. The molecule has 1 aliphatic heterocycles. The molecule has 0 aromatic heterocycles. The third-order valence-corrected chi connectivity index (χ3v) is 4.91. The monoisotopic (exact) mass is 358 g/mol. The maximum Gasteiger partial charge on any atom is 0.301 e. The quantitative estimate of drug-likeness (QED) is 0.655. The molecule has 0 bridgehead atoms. The molecule has 0 radical (unpaired) electrons. The van der Waals surface area contributed by atoms with Crippen LogP contribution < -0.4 is 5.43 Å². The van der Waals surface area contributed by atoms with Gasteiger partial charge in [-0.3, -0.25) is 25.7 Å². The maximum absolute atomic E-state index is 11.1. The fourth-order valence-electron chi connectivity index (χ4n) is 2.51. The molecule has 2 aromatic carbocycles. The molecule has 25 heavy (non-hydrogen) atoms. The number of aryl methyl sites for hydroxylation is 1. The highest BCUT2D eigenvalue weighted by molar-refractivity contribution is 8.00. The lowest BCUT2D eigenvalue weighted by Crippen LogP contribution is -2.15. The van der Waals surface area contributed by atoms with E-state index in [1.165, 1.54) is 28.2 Å². The van der Waals surface area contributed by atoms with E-state index in [0.29, 0.717) is 12.2 Å². The van der Waals surface area contributed by atoms with Crippen molar-refractivity contribution in [3.8, 4) is 0 Å². The van der Waals surface area contributed by atoms with E-state index in [1.54, 1.807) is 11.8 Å². The summed E-state index contributed by atoms with van der Waals surface area (Å²) in [7, 11) is 0. The predicted molar refractivity (Wildman–Crippen MR) is 96.4 cm³/mol. The minimum atomic E-state index is -0.667. The highest BCUT2D eigenvalue weighted by Gasteiger charge is 2.20. The molecule has 128 valence electrons. The molecule has 1 aliphatic rings. The summed E-state index contributed by atoms with van der Waals surface area (Å²) in [6.45, 7) is 2.02. The van der Waals surface area contributed by atoms with E-state index in [2.05, 4.69) is 28.7 Å². The molecule has 0 atom stereocenters. The Morgan fingerprint density at radius 2 is 1.92 bits per heavy atom. The topological polar surface area (TPSA) is 111 Å². The van der Waals surface area contributed by atoms with Gasteiger partial charge in [0.2, 0.25) is 0 Å². The van der Waals surface area contributed by atoms with Crippen LogP contribution in [0.3, 0.4) is 0 Å². The zero-order chi connectivity index (χ0) is 18.0. The summed E-state index contributed by atoms with van der Waals surface area (Å²) in [5, 5.41) is 26.2. The number of hydrazone groups is 1. The van der Waals surface area contributed by atoms with Crippen LogP contribution in [-0.4, -0.2) is 21.3 Å². The Labute approximate surface area is 147 Å². The summed E-state index contributed by atoms with van der Waals surface area (Å²) < 4.78 is 0. The van der Waals surface area contributed by atoms with Gasteiger partial charge in [0.05, 0.1) is 21.6 Å². The molecule has 0 spiro atoms. The predicted octanol–water partition coefficient (Wildman–Crippen LogP) is 3.93. The summed E-state index contributed by atoms with van der Waals surface area (Å²) in [4.78, 5) is 21.8. The van der Waals surface area contributed by atoms with Gasteiger partial charge in [0.15, 0.2) is 0 Å². The largest absolute Gasteiger partial charge is 0.301 e. The van der Waals surface area contributed by atoms with Crippen LogP contribution in [0.5, 0.6) is 0 Å². The number of nitrogens with zero attached hydrogens (tertiary/aromatic N) is 3. The summed E-state index contributed by atoms with van der Waals surface area (Å²) in [5.74, 6) is 0.684. The molecular formula is C16H14N4O4S. The Kier molecular flexibility index (Phi) is 4.66. The van der Waals surface area contributed by atoms with E-state index in [9.17, 15) is 20.2 Å². The molecule has 1 N–H and O–H groups in total. The van der Waals surface area contributed by atoms with E-state index in [0.717, 1.165) is 11.8 Å². The van der Waals surface area contributed by atoms with Crippen molar-refractivity contribution in [1.29, 1.82) is 0 Å². The number of hydrogen-bond acceptors (Lipinski definition) is 7. The number of nitro benzene ring substituents is 2. The van der Waals surface area contributed by atoms with Crippen molar-refractivity contribution in [3.63, 3.8) is 0 Å². The molecular weight excluding hydrogens is 344 g/mol. The van der Waals surface area contributed by atoms with Crippen LogP contribution in [0.2, 0.25) is 0 Å². The van der Waals surface area contributed by atoms with E-state index in [1.807, 2.05) is 6.92 Å². The molecule has 3 rings (SSSR count). The first-order chi connectivity index (χ1) is 11.9. The Balaban J connectivity index is 1.82. The number of hydrogen-bond donors (Lipinski definition) is 1. The van der Waals surface area contributed by atoms with Crippen molar-refractivity contribution in [3.05, 3.63) is 67.8 Å². The molecule has 0 saturated heterocycles. The normalized spacial score (nSPS) is 14.8. The molecule has 9 heteroatoms. The Morgan fingerprint density at radius 3 is 2.64 bits per heavy atom. The van der Waals surface area contributed by atoms with Crippen molar-refractivity contribution >= 4 is 34.5 Å². The molecule has 8 nitrogen and oxygen atoms in total. The highest BCUT2D eigenvalue weighted by atomic mass is 32.2. The molecule has 0 amide bonds. The number of anilines is 1. The number of fused-ring (bicyclic) bond motifs is 1. The van der Waals surface area contributed by atoms with Gasteiger partial charge in [-0.25, -0.2) is 0 Å². The van der Waals surface area contributed by atoms with E-state index in [-0.39, 0.29) is 17.1 Å². The van der Waals surface area contributed by atoms with Crippen LogP contribution in [0.15, 0.2) is 46.4 Å². The Hall–Kier alpha value is -2.94. The molecule has 0 unspecified atom stereocenters. The molecule has 0 aliphatic carbocycles. The summed E-state index contributed by atoms with van der Waals surface area (Å²) in [5.41, 5.74) is 5.31. The number of non-ortho nitro benzene ring substituents is 1. The van der Waals surface area contributed by atoms with E-state index < -0.39 is 9.85 Å². The molecule has 0 fully saturated rings. The fourth-order valence-corrected chi connectivity index (χ4v) is 3.48. The summed E-state index contributed by atoms with van der Waals surface area (Å²) in [6, 6.07) is 9.69.